The summed E-state index contributed by atoms with van der Waals surface area (Å²) < 4.78 is 0. The Kier molecular flexibility index (Phi) is 5.17. The van der Waals surface area contributed by atoms with E-state index in [9.17, 15) is 0 Å². The lowest BCUT2D eigenvalue weighted by atomic mass is 10.0. The monoisotopic (exact) mass is 307 g/mol. The molecule has 4 heteroatoms. The third kappa shape index (κ3) is 4.68. The summed E-state index contributed by atoms with van der Waals surface area (Å²) >= 11 is 5.92. The molecule has 0 spiro atoms. The molecule has 1 atom stereocenters. The van der Waals surface area contributed by atoms with Crippen LogP contribution < -0.4 is 5.73 Å². The van der Waals surface area contributed by atoms with Gasteiger partial charge in [0, 0.05) is 50.3 Å². The molecule has 2 N–H and O–H groups in total. The first kappa shape index (κ1) is 15.3. The number of piperazine rings is 1. The van der Waals surface area contributed by atoms with E-state index < -0.39 is 0 Å². The number of rotatable bonds is 6. The highest BCUT2D eigenvalue weighted by Gasteiger charge is 2.26. The van der Waals surface area contributed by atoms with Crippen molar-refractivity contribution in [3.63, 3.8) is 0 Å². The lowest BCUT2D eigenvalue weighted by Crippen LogP contribution is -2.47. The Morgan fingerprint density at radius 1 is 1.05 bits per heavy atom. The quantitative estimate of drug-likeness (QED) is 0.877. The predicted octanol–water partition coefficient (Wildman–Crippen LogP) is 2.76. The van der Waals surface area contributed by atoms with Crippen LogP contribution in [0.4, 0.5) is 0 Å². The highest BCUT2D eigenvalue weighted by molar-refractivity contribution is 6.30. The molecule has 1 aliphatic carbocycles. The van der Waals surface area contributed by atoms with Crippen LogP contribution in [-0.2, 0) is 0 Å². The second kappa shape index (κ2) is 7.10. The van der Waals surface area contributed by atoms with Crippen LogP contribution in [0.1, 0.15) is 30.9 Å². The van der Waals surface area contributed by atoms with Crippen molar-refractivity contribution < 1.29 is 0 Å². The van der Waals surface area contributed by atoms with Gasteiger partial charge in [0.15, 0.2) is 0 Å². The summed E-state index contributed by atoms with van der Waals surface area (Å²) in [4.78, 5) is 5.19. The maximum atomic E-state index is 6.28. The summed E-state index contributed by atoms with van der Waals surface area (Å²) in [7, 11) is 0. The van der Waals surface area contributed by atoms with Gasteiger partial charge in [-0.15, -0.1) is 0 Å². The molecule has 2 aliphatic rings. The van der Waals surface area contributed by atoms with Crippen LogP contribution in [0.3, 0.4) is 0 Å². The van der Waals surface area contributed by atoms with E-state index in [-0.39, 0.29) is 6.04 Å². The van der Waals surface area contributed by atoms with Crippen molar-refractivity contribution in [2.45, 2.75) is 25.3 Å². The van der Waals surface area contributed by atoms with E-state index in [2.05, 4.69) is 9.80 Å². The Hall–Kier alpha value is -0.610. The number of benzene rings is 1. The largest absolute Gasteiger partial charge is 0.324 e. The molecule has 3 rings (SSSR count). The molecule has 1 aromatic rings. The Morgan fingerprint density at radius 3 is 2.29 bits per heavy atom. The maximum Gasteiger partial charge on any atom is 0.0406 e. The van der Waals surface area contributed by atoms with E-state index in [0.717, 1.165) is 23.9 Å². The number of nitrogens with zero attached hydrogens (tertiary/aromatic N) is 2. The summed E-state index contributed by atoms with van der Waals surface area (Å²) in [5.41, 5.74) is 7.47. The van der Waals surface area contributed by atoms with Gasteiger partial charge in [0.1, 0.15) is 0 Å². The summed E-state index contributed by atoms with van der Waals surface area (Å²) in [6, 6.07) is 8.05. The summed E-state index contributed by atoms with van der Waals surface area (Å²) in [5.74, 6) is 1.01. The second-order valence-corrected chi connectivity index (χ2v) is 6.97. The zero-order chi connectivity index (χ0) is 14.7. The van der Waals surface area contributed by atoms with Crippen LogP contribution in [0.2, 0.25) is 5.02 Å². The molecule has 21 heavy (non-hydrogen) atoms. The van der Waals surface area contributed by atoms with E-state index in [1.165, 1.54) is 51.1 Å². The fourth-order valence-electron chi connectivity index (χ4n) is 3.06. The molecule has 0 aromatic heterocycles. The number of hydrogen-bond acceptors (Lipinski definition) is 3. The first-order valence-corrected chi connectivity index (χ1v) is 8.54. The number of hydrogen-bond donors (Lipinski definition) is 1. The Labute approximate surface area is 133 Å². The average Bonchev–Trinajstić information content (AvgIpc) is 3.31. The van der Waals surface area contributed by atoms with E-state index in [1.807, 2.05) is 24.3 Å². The zero-order valence-electron chi connectivity index (χ0n) is 12.7. The van der Waals surface area contributed by atoms with Crippen molar-refractivity contribution in [3.05, 3.63) is 34.9 Å². The highest BCUT2D eigenvalue weighted by atomic mass is 35.5. The molecule has 1 heterocycles. The van der Waals surface area contributed by atoms with E-state index >= 15 is 0 Å². The minimum Gasteiger partial charge on any atom is -0.324 e. The van der Waals surface area contributed by atoms with Crippen molar-refractivity contribution in [3.8, 4) is 0 Å². The average molecular weight is 308 g/mol. The number of halogens is 1. The predicted molar refractivity (Wildman–Crippen MR) is 88.6 cm³/mol. The molecule has 0 radical (unpaired) electrons. The van der Waals surface area contributed by atoms with Gasteiger partial charge >= 0.3 is 0 Å². The zero-order valence-corrected chi connectivity index (χ0v) is 13.4. The Morgan fingerprint density at radius 2 is 1.67 bits per heavy atom. The molecule has 116 valence electrons. The molecule has 0 bridgehead atoms. The molecular formula is C17H26ClN3. The molecule has 0 amide bonds. The lowest BCUT2D eigenvalue weighted by molar-refractivity contribution is 0.126. The molecular weight excluding hydrogens is 282 g/mol. The maximum absolute atomic E-state index is 6.28. The Bertz CT molecular complexity index is 436. The fourth-order valence-corrected chi connectivity index (χ4v) is 3.19. The van der Waals surface area contributed by atoms with Crippen LogP contribution in [0, 0.1) is 5.92 Å². The standard InChI is InChI=1S/C17H26ClN3/c18-16-5-3-15(4-6-16)17(19)7-8-20-9-11-21(12-10-20)13-14-1-2-14/h3-6,14,17H,1-2,7-13,19H2. The smallest absolute Gasteiger partial charge is 0.0406 e. The second-order valence-electron chi connectivity index (χ2n) is 6.53. The van der Waals surface area contributed by atoms with Crippen molar-refractivity contribution in [1.29, 1.82) is 0 Å². The molecule has 1 aliphatic heterocycles. The number of nitrogens with two attached hydrogens (primary N) is 1. The third-order valence-electron chi connectivity index (χ3n) is 4.73. The molecule has 3 nitrogen and oxygen atoms in total. The topological polar surface area (TPSA) is 32.5 Å². The SMILES string of the molecule is NC(CCN1CCN(CC2CC2)CC1)c1ccc(Cl)cc1. The lowest BCUT2D eigenvalue weighted by Gasteiger charge is -2.35. The normalized spacial score (nSPS) is 22.4. The van der Waals surface area contributed by atoms with E-state index in [4.69, 9.17) is 17.3 Å². The van der Waals surface area contributed by atoms with Crippen LogP contribution in [-0.4, -0.2) is 49.1 Å². The summed E-state index contributed by atoms with van der Waals surface area (Å²) in [6.07, 6.45) is 3.93. The van der Waals surface area contributed by atoms with E-state index in [0.29, 0.717) is 0 Å². The summed E-state index contributed by atoms with van der Waals surface area (Å²) in [6.45, 7) is 7.28. The van der Waals surface area contributed by atoms with Crippen LogP contribution >= 0.6 is 11.6 Å². The molecule has 1 saturated carbocycles. The minimum absolute atomic E-state index is 0.117. The van der Waals surface area contributed by atoms with Crippen molar-refractivity contribution >= 4 is 11.6 Å². The Balaban J connectivity index is 1.38. The van der Waals surface area contributed by atoms with Crippen molar-refractivity contribution in [2.75, 3.05) is 39.3 Å². The van der Waals surface area contributed by atoms with Crippen LogP contribution in [0.5, 0.6) is 0 Å². The van der Waals surface area contributed by atoms with Gasteiger partial charge in [-0.1, -0.05) is 23.7 Å². The molecule has 1 saturated heterocycles. The van der Waals surface area contributed by atoms with E-state index in [1.54, 1.807) is 0 Å². The highest BCUT2D eigenvalue weighted by Crippen LogP contribution is 2.30. The van der Waals surface area contributed by atoms with Gasteiger partial charge in [0.25, 0.3) is 0 Å². The van der Waals surface area contributed by atoms with Gasteiger partial charge in [-0.3, -0.25) is 0 Å². The van der Waals surface area contributed by atoms with Gasteiger partial charge in [-0.2, -0.15) is 0 Å². The van der Waals surface area contributed by atoms with Crippen LogP contribution in [0.15, 0.2) is 24.3 Å². The third-order valence-corrected chi connectivity index (χ3v) is 4.98. The summed E-state index contributed by atoms with van der Waals surface area (Å²) in [5, 5.41) is 0.776. The van der Waals surface area contributed by atoms with Gasteiger partial charge in [-0.05, 0) is 42.9 Å². The molecule has 1 aromatic carbocycles. The van der Waals surface area contributed by atoms with Gasteiger partial charge in [-0.25, -0.2) is 0 Å². The fraction of sp³-hybridized carbons (Fsp3) is 0.647. The van der Waals surface area contributed by atoms with Crippen LogP contribution in [0.25, 0.3) is 0 Å². The first-order chi connectivity index (χ1) is 10.2. The van der Waals surface area contributed by atoms with Gasteiger partial charge < -0.3 is 15.5 Å². The minimum atomic E-state index is 0.117. The molecule has 1 unspecified atom stereocenters. The van der Waals surface area contributed by atoms with Gasteiger partial charge in [0.2, 0.25) is 0 Å². The van der Waals surface area contributed by atoms with Gasteiger partial charge in [0.05, 0.1) is 0 Å². The van der Waals surface area contributed by atoms with Crippen molar-refractivity contribution in [1.82, 2.24) is 9.80 Å². The first-order valence-electron chi connectivity index (χ1n) is 8.16. The van der Waals surface area contributed by atoms with Crippen molar-refractivity contribution in [2.24, 2.45) is 11.7 Å². The molecule has 2 fully saturated rings.